The van der Waals surface area contributed by atoms with Gasteiger partial charge in [-0.25, -0.2) is 0 Å². The maximum absolute atomic E-state index is 5.11. The molecule has 0 rings (SSSR count). The molecule has 0 aromatic rings. The fourth-order valence-electron chi connectivity index (χ4n) is 0.443. The van der Waals surface area contributed by atoms with Crippen LogP contribution in [-0.4, -0.2) is 20.6 Å². The van der Waals surface area contributed by atoms with Gasteiger partial charge < -0.3 is 4.74 Å². The Kier molecular flexibility index (Phi) is 4.61. The van der Waals surface area contributed by atoms with Crippen LogP contribution in [0.5, 0.6) is 0 Å². The molecule has 0 heterocycles. The third-order valence-electron chi connectivity index (χ3n) is 1.09. The molecule has 56 valence electrons. The van der Waals surface area contributed by atoms with Crippen LogP contribution in [-0.2, 0) is 4.74 Å². The molecule has 0 amide bonds. The molecule has 0 spiro atoms. The minimum Gasteiger partial charge on any atom is -0.371 e. The average Bonchev–Trinajstić information content (AvgIpc) is 1.63. The first-order valence-electron chi connectivity index (χ1n) is 3.25. The van der Waals surface area contributed by atoms with E-state index in [1.54, 1.807) is 0 Å². The molecule has 0 aliphatic rings. The third-order valence-corrected chi connectivity index (χ3v) is 2.97. The average molecular weight is 164 g/mol. The van der Waals surface area contributed by atoms with Crippen molar-refractivity contribution in [3.63, 3.8) is 0 Å². The summed E-state index contributed by atoms with van der Waals surface area (Å²) in [6.45, 7) is 7.91. The van der Waals surface area contributed by atoms with Gasteiger partial charge >= 0.3 is 0 Å². The zero-order valence-corrected chi connectivity index (χ0v) is 8.37. The monoisotopic (exact) mass is 164 g/mol. The van der Waals surface area contributed by atoms with Crippen LogP contribution in [0.4, 0.5) is 0 Å². The van der Waals surface area contributed by atoms with E-state index in [1.165, 1.54) is 6.04 Å². The Morgan fingerprint density at radius 1 is 1.33 bits per heavy atom. The summed E-state index contributed by atoms with van der Waals surface area (Å²) in [5.74, 6) is 0.560. The van der Waals surface area contributed by atoms with E-state index in [0.29, 0.717) is 5.94 Å². The summed E-state index contributed by atoms with van der Waals surface area (Å²) in [6.07, 6.45) is 0. The van der Waals surface area contributed by atoms with Gasteiger partial charge in [-0.1, -0.05) is 19.6 Å². The highest BCUT2D eigenvalue weighted by Crippen LogP contribution is 2.07. The van der Waals surface area contributed by atoms with Gasteiger partial charge in [0.05, 0.1) is 5.94 Å². The van der Waals surface area contributed by atoms with Crippen molar-refractivity contribution in [2.75, 3.05) is 12.5 Å². The van der Waals surface area contributed by atoms with Crippen molar-refractivity contribution < 1.29 is 4.74 Å². The summed E-state index contributed by atoms with van der Waals surface area (Å²) in [5, 5.41) is 0. The summed E-state index contributed by atoms with van der Waals surface area (Å²) in [6, 6.07) is 1.24. The normalized spacial score (nSPS) is 12.0. The lowest BCUT2D eigenvalue weighted by Gasteiger charge is -2.14. The van der Waals surface area contributed by atoms with Crippen LogP contribution in [0.25, 0.3) is 0 Å². The predicted molar refractivity (Wildman–Crippen MR) is 48.0 cm³/mol. The molecular weight excluding hydrogens is 148 g/mol. The molecule has 0 aromatic heterocycles. The van der Waals surface area contributed by atoms with Crippen LogP contribution in [0.2, 0.25) is 25.7 Å². The van der Waals surface area contributed by atoms with E-state index in [1.807, 2.05) is 0 Å². The van der Waals surface area contributed by atoms with Gasteiger partial charge in [0.1, 0.15) is 0 Å². The zero-order valence-electron chi connectivity index (χ0n) is 6.48. The first-order valence-corrected chi connectivity index (χ1v) is 7.59. The Hall–Kier alpha value is 0.527. The van der Waals surface area contributed by atoms with Crippen LogP contribution < -0.4 is 0 Å². The summed E-state index contributed by atoms with van der Waals surface area (Å²) in [5.41, 5.74) is 0. The second kappa shape index (κ2) is 4.36. The smallest absolute Gasteiger partial charge is 0.0892 e. The van der Waals surface area contributed by atoms with Gasteiger partial charge in [-0.3, -0.25) is 0 Å². The Labute approximate surface area is 64.2 Å². The molecule has 0 aliphatic heterocycles. The van der Waals surface area contributed by atoms with E-state index >= 15 is 0 Å². The van der Waals surface area contributed by atoms with Crippen LogP contribution in [0, 0.1) is 0 Å². The summed E-state index contributed by atoms with van der Waals surface area (Å²) < 4.78 is 5.11. The molecule has 0 radical (unpaired) electrons. The summed E-state index contributed by atoms with van der Waals surface area (Å²) in [7, 11) is -0.853. The number of thiol groups is 1. The molecule has 0 saturated carbocycles. The molecule has 0 unspecified atom stereocenters. The molecular formula is C6H16OSSi. The fraction of sp³-hybridized carbons (Fsp3) is 1.00. The molecule has 0 fully saturated rings. The van der Waals surface area contributed by atoms with Crippen molar-refractivity contribution in [2.24, 2.45) is 0 Å². The quantitative estimate of drug-likeness (QED) is 0.290. The van der Waals surface area contributed by atoms with Gasteiger partial charge in [0.2, 0.25) is 0 Å². The lowest BCUT2D eigenvalue weighted by molar-refractivity contribution is 0.199. The lowest BCUT2D eigenvalue weighted by Crippen LogP contribution is -2.21. The highest BCUT2D eigenvalue weighted by Gasteiger charge is 2.11. The number of hydrogen-bond donors (Lipinski definition) is 1. The van der Waals surface area contributed by atoms with E-state index in [9.17, 15) is 0 Å². The minimum absolute atomic E-state index is 0.560. The molecule has 0 bridgehead atoms. The number of hydrogen-bond acceptors (Lipinski definition) is 2. The first kappa shape index (κ1) is 9.53. The largest absolute Gasteiger partial charge is 0.371 e. The van der Waals surface area contributed by atoms with Crippen molar-refractivity contribution in [3.8, 4) is 0 Å². The minimum atomic E-state index is -0.853. The zero-order chi connectivity index (χ0) is 7.33. The van der Waals surface area contributed by atoms with E-state index < -0.39 is 8.07 Å². The van der Waals surface area contributed by atoms with E-state index in [4.69, 9.17) is 4.74 Å². The van der Waals surface area contributed by atoms with E-state index in [2.05, 4.69) is 32.3 Å². The SMILES string of the molecule is C[Si](C)(C)CCOCS. The Balaban J connectivity index is 3.07. The number of ether oxygens (including phenoxy) is 1. The molecule has 1 nitrogen and oxygen atoms in total. The Morgan fingerprint density at radius 3 is 2.22 bits per heavy atom. The summed E-state index contributed by atoms with van der Waals surface area (Å²) in [4.78, 5) is 0. The van der Waals surface area contributed by atoms with Crippen molar-refractivity contribution in [1.29, 1.82) is 0 Å². The Bertz CT molecular complexity index is 69.9. The van der Waals surface area contributed by atoms with Crippen molar-refractivity contribution in [3.05, 3.63) is 0 Å². The maximum atomic E-state index is 5.11. The highest BCUT2D eigenvalue weighted by molar-refractivity contribution is 7.80. The topological polar surface area (TPSA) is 9.23 Å². The predicted octanol–water partition coefficient (Wildman–Crippen LogP) is 2.23. The van der Waals surface area contributed by atoms with E-state index in [0.717, 1.165) is 6.61 Å². The molecule has 0 aliphatic carbocycles. The molecule has 0 atom stereocenters. The van der Waals surface area contributed by atoms with Gasteiger partial charge in [-0.2, -0.15) is 12.6 Å². The maximum Gasteiger partial charge on any atom is 0.0892 e. The standard InChI is InChI=1S/C6H16OSSi/c1-9(2,3)5-4-7-6-8/h8H,4-6H2,1-3H3. The van der Waals surface area contributed by atoms with Gasteiger partial charge in [0.15, 0.2) is 0 Å². The van der Waals surface area contributed by atoms with Crippen molar-refractivity contribution in [2.45, 2.75) is 25.7 Å². The first-order chi connectivity index (χ1) is 4.06. The van der Waals surface area contributed by atoms with Gasteiger partial charge in [-0.15, -0.1) is 0 Å². The lowest BCUT2D eigenvalue weighted by atomic mass is 10.9. The van der Waals surface area contributed by atoms with Crippen LogP contribution >= 0.6 is 12.6 Å². The fourth-order valence-corrected chi connectivity index (χ4v) is 1.33. The molecule has 3 heteroatoms. The molecule has 0 N–H and O–H groups in total. The summed E-state index contributed by atoms with van der Waals surface area (Å²) >= 11 is 3.94. The van der Waals surface area contributed by atoms with Crippen LogP contribution in [0.3, 0.4) is 0 Å². The molecule has 0 saturated heterocycles. The van der Waals surface area contributed by atoms with E-state index in [-0.39, 0.29) is 0 Å². The Morgan fingerprint density at radius 2 is 1.89 bits per heavy atom. The molecule has 0 aromatic carbocycles. The van der Waals surface area contributed by atoms with Gasteiger partial charge in [-0.05, 0) is 6.04 Å². The van der Waals surface area contributed by atoms with Crippen LogP contribution in [0.1, 0.15) is 0 Å². The van der Waals surface area contributed by atoms with Crippen molar-refractivity contribution in [1.82, 2.24) is 0 Å². The highest BCUT2D eigenvalue weighted by atomic mass is 32.1. The number of rotatable bonds is 4. The third kappa shape index (κ3) is 8.53. The van der Waals surface area contributed by atoms with Gasteiger partial charge in [0.25, 0.3) is 0 Å². The van der Waals surface area contributed by atoms with Crippen LogP contribution in [0.15, 0.2) is 0 Å². The van der Waals surface area contributed by atoms with Gasteiger partial charge in [0, 0.05) is 14.7 Å². The second-order valence-corrected chi connectivity index (χ2v) is 9.23. The second-order valence-electron chi connectivity index (χ2n) is 3.35. The molecule has 9 heavy (non-hydrogen) atoms. The van der Waals surface area contributed by atoms with Crippen molar-refractivity contribution >= 4 is 20.7 Å².